The maximum absolute atomic E-state index is 13.5. The standard InChI is InChI=1S/C12H17F2NO2/c1-12(2,7-16)15-6-8-4-10(14)11(17-3)5-9(8)13/h4-5,15-16H,6-7H2,1-3H3. The van der Waals surface area contributed by atoms with Crippen molar-refractivity contribution < 1.29 is 18.6 Å². The second kappa shape index (κ2) is 5.42. The number of aliphatic hydroxyl groups is 1. The highest BCUT2D eigenvalue weighted by atomic mass is 19.1. The number of hydrogen-bond acceptors (Lipinski definition) is 3. The third-order valence-corrected chi connectivity index (χ3v) is 2.47. The van der Waals surface area contributed by atoms with Crippen molar-refractivity contribution in [2.24, 2.45) is 0 Å². The molecule has 1 aromatic carbocycles. The first-order chi connectivity index (χ1) is 7.89. The zero-order chi connectivity index (χ0) is 13.1. The van der Waals surface area contributed by atoms with Crippen molar-refractivity contribution in [2.75, 3.05) is 13.7 Å². The largest absolute Gasteiger partial charge is 0.494 e. The van der Waals surface area contributed by atoms with Crippen LogP contribution in [0.4, 0.5) is 8.78 Å². The predicted octanol–water partition coefficient (Wildman–Crippen LogP) is 1.83. The molecule has 0 bridgehead atoms. The van der Waals surface area contributed by atoms with E-state index in [9.17, 15) is 8.78 Å². The van der Waals surface area contributed by atoms with Gasteiger partial charge < -0.3 is 15.2 Å². The Labute approximate surface area is 99.4 Å². The summed E-state index contributed by atoms with van der Waals surface area (Å²) >= 11 is 0. The van der Waals surface area contributed by atoms with Crippen molar-refractivity contribution in [3.63, 3.8) is 0 Å². The second-order valence-electron chi connectivity index (χ2n) is 4.47. The molecule has 17 heavy (non-hydrogen) atoms. The topological polar surface area (TPSA) is 41.5 Å². The number of benzene rings is 1. The molecule has 0 fully saturated rings. The Morgan fingerprint density at radius 3 is 2.47 bits per heavy atom. The van der Waals surface area contributed by atoms with Crippen LogP contribution in [0.3, 0.4) is 0 Å². The van der Waals surface area contributed by atoms with Crippen LogP contribution in [0.25, 0.3) is 0 Å². The fourth-order valence-corrected chi connectivity index (χ4v) is 1.25. The summed E-state index contributed by atoms with van der Waals surface area (Å²) in [6, 6.07) is 2.10. The normalized spacial score (nSPS) is 11.6. The molecule has 0 aliphatic heterocycles. The number of halogens is 2. The first kappa shape index (κ1) is 13.9. The van der Waals surface area contributed by atoms with Gasteiger partial charge in [0, 0.05) is 23.7 Å². The van der Waals surface area contributed by atoms with Crippen molar-refractivity contribution in [2.45, 2.75) is 25.9 Å². The van der Waals surface area contributed by atoms with Gasteiger partial charge in [-0.2, -0.15) is 0 Å². The Morgan fingerprint density at radius 1 is 1.29 bits per heavy atom. The van der Waals surface area contributed by atoms with Gasteiger partial charge >= 0.3 is 0 Å². The summed E-state index contributed by atoms with van der Waals surface area (Å²) < 4.78 is 31.6. The lowest BCUT2D eigenvalue weighted by Gasteiger charge is -2.23. The summed E-state index contributed by atoms with van der Waals surface area (Å²) in [7, 11) is 1.28. The molecule has 0 saturated carbocycles. The van der Waals surface area contributed by atoms with Gasteiger partial charge in [0.05, 0.1) is 13.7 Å². The maximum atomic E-state index is 13.5. The highest BCUT2D eigenvalue weighted by Gasteiger charge is 2.17. The van der Waals surface area contributed by atoms with E-state index < -0.39 is 17.2 Å². The summed E-state index contributed by atoms with van der Waals surface area (Å²) in [6.07, 6.45) is 0. The van der Waals surface area contributed by atoms with Crippen LogP contribution >= 0.6 is 0 Å². The van der Waals surface area contributed by atoms with E-state index in [4.69, 9.17) is 5.11 Å². The third kappa shape index (κ3) is 3.64. The minimum absolute atomic E-state index is 0.0900. The average Bonchev–Trinajstić information content (AvgIpc) is 2.29. The van der Waals surface area contributed by atoms with Gasteiger partial charge in [0.25, 0.3) is 0 Å². The summed E-state index contributed by atoms with van der Waals surface area (Å²) in [5.74, 6) is -1.26. The van der Waals surface area contributed by atoms with E-state index in [0.29, 0.717) is 0 Å². The molecule has 0 aromatic heterocycles. The van der Waals surface area contributed by atoms with Crippen molar-refractivity contribution in [3.8, 4) is 5.75 Å². The molecule has 0 saturated heterocycles. The molecule has 5 heteroatoms. The maximum Gasteiger partial charge on any atom is 0.165 e. The third-order valence-electron chi connectivity index (χ3n) is 2.47. The van der Waals surface area contributed by atoms with E-state index >= 15 is 0 Å². The fourth-order valence-electron chi connectivity index (χ4n) is 1.25. The molecule has 1 rings (SSSR count). The lowest BCUT2D eigenvalue weighted by molar-refractivity contribution is 0.187. The molecular weight excluding hydrogens is 228 g/mol. The Balaban J connectivity index is 2.82. The molecule has 0 unspecified atom stereocenters. The van der Waals surface area contributed by atoms with Crippen LogP contribution in [0.15, 0.2) is 12.1 Å². The highest BCUT2D eigenvalue weighted by molar-refractivity contribution is 5.30. The molecular formula is C12H17F2NO2. The highest BCUT2D eigenvalue weighted by Crippen LogP contribution is 2.21. The number of hydrogen-bond donors (Lipinski definition) is 2. The van der Waals surface area contributed by atoms with Crippen molar-refractivity contribution in [1.29, 1.82) is 0 Å². The predicted molar refractivity (Wildman–Crippen MR) is 60.9 cm³/mol. The first-order valence-electron chi connectivity index (χ1n) is 5.27. The molecule has 2 N–H and O–H groups in total. The van der Waals surface area contributed by atoms with E-state index in [1.807, 2.05) is 0 Å². The van der Waals surface area contributed by atoms with Gasteiger partial charge in [-0.1, -0.05) is 0 Å². The molecule has 0 aliphatic carbocycles. The van der Waals surface area contributed by atoms with Crippen LogP contribution in [0, 0.1) is 11.6 Å². The lowest BCUT2D eigenvalue weighted by Crippen LogP contribution is -2.42. The molecule has 0 spiro atoms. The molecule has 3 nitrogen and oxygen atoms in total. The summed E-state index contributed by atoms with van der Waals surface area (Å²) in [5, 5.41) is 12.0. The van der Waals surface area contributed by atoms with Gasteiger partial charge in [0.1, 0.15) is 5.82 Å². The van der Waals surface area contributed by atoms with Crippen molar-refractivity contribution >= 4 is 0 Å². The Kier molecular flexibility index (Phi) is 4.42. The monoisotopic (exact) mass is 245 g/mol. The second-order valence-corrected chi connectivity index (χ2v) is 4.47. The van der Waals surface area contributed by atoms with Crippen LogP contribution in [0.1, 0.15) is 19.4 Å². The Hall–Kier alpha value is -1.20. The Morgan fingerprint density at radius 2 is 1.94 bits per heavy atom. The van der Waals surface area contributed by atoms with E-state index in [1.54, 1.807) is 13.8 Å². The van der Waals surface area contributed by atoms with Gasteiger partial charge in [0.2, 0.25) is 0 Å². The van der Waals surface area contributed by atoms with Crippen LogP contribution in [-0.4, -0.2) is 24.4 Å². The van der Waals surface area contributed by atoms with Gasteiger partial charge in [-0.05, 0) is 19.9 Å². The van der Waals surface area contributed by atoms with Gasteiger partial charge in [-0.25, -0.2) is 8.78 Å². The van der Waals surface area contributed by atoms with E-state index in [0.717, 1.165) is 12.1 Å². The molecule has 0 heterocycles. The van der Waals surface area contributed by atoms with Gasteiger partial charge in [-0.3, -0.25) is 0 Å². The van der Waals surface area contributed by atoms with E-state index in [2.05, 4.69) is 10.1 Å². The minimum Gasteiger partial charge on any atom is -0.494 e. The smallest absolute Gasteiger partial charge is 0.165 e. The molecule has 0 aliphatic rings. The van der Waals surface area contributed by atoms with E-state index in [1.165, 1.54) is 7.11 Å². The summed E-state index contributed by atoms with van der Waals surface area (Å²) in [6.45, 7) is 3.59. The zero-order valence-corrected chi connectivity index (χ0v) is 10.2. The molecule has 0 amide bonds. The van der Waals surface area contributed by atoms with Crippen molar-refractivity contribution in [3.05, 3.63) is 29.3 Å². The number of nitrogens with one attached hydrogen (secondary N) is 1. The number of methoxy groups -OCH3 is 1. The molecule has 0 radical (unpaired) electrons. The van der Waals surface area contributed by atoms with Gasteiger partial charge in [-0.15, -0.1) is 0 Å². The van der Waals surface area contributed by atoms with Gasteiger partial charge in [0.15, 0.2) is 11.6 Å². The number of aliphatic hydroxyl groups excluding tert-OH is 1. The number of rotatable bonds is 5. The van der Waals surface area contributed by atoms with E-state index in [-0.39, 0.29) is 24.5 Å². The SMILES string of the molecule is COc1cc(F)c(CNC(C)(C)CO)cc1F. The van der Waals surface area contributed by atoms with Crippen LogP contribution in [0.5, 0.6) is 5.75 Å². The molecule has 0 atom stereocenters. The average molecular weight is 245 g/mol. The van der Waals surface area contributed by atoms with Crippen LogP contribution < -0.4 is 10.1 Å². The minimum atomic E-state index is -0.604. The molecule has 1 aromatic rings. The summed E-state index contributed by atoms with van der Waals surface area (Å²) in [5.41, 5.74) is -0.340. The fraction of sp³-hybridized carbons (Fsp3) is 0.500. The zero-order valence-electron chi connectivity index (χ0n) is 10.2. The van der Waals surface area contributed by atoms with Crippen molar-refractivity contribution in [1.82, 2.24) is 5.32 Å². The summed E-state index contributed by atoms with van der Waals surface area (Å²) in [4.78, 5) is 0. The lowest BCUT2D eigenvalue weighted by atomic mass is 10.1. The number of ether oxygens (including phenoxy) is 1. The quantitative estimate of drug-likeness (QED) is 0.831. The molecule has 96 valence electrons. The van der Waals surface area contributed by atoms with Crippen LogP contribution in [-0.2, 0) is 6.54 Å². The first-order valence-corrected chi connectivity index (χ1v) is 5.27. The Bertz CT molecular complexity index is 394. The van der Waals surface area contributed by atoms with Crippen LogP contribution in [0.2, 0.25) is 0 Å².